The third-order valence-electron chi connectivity index (χ3n) is 3.39. The van der Waals surface area contributed by atoms with Crippen molar-refractivity contribution in [1.29, 1.82) is 5.26 Å². The van der Waals surface area contributed by atoms with Gasteiger partial charge in [0.15, 0.2) is 5.69 Å². The van der Waals surface area contributed by atoms with Gasteiger partial charge in [0.2, 0.25) is 0 Å². The maximum absolute atomic E-state index is 9.10. The zero-order valence-electron chi connectivity index (χ0n) is 10.3. The Hall–Kier alpha value is -2.06. The van der Waals surface area contributed by atoms with E-state index in [1.54, 1.807) is 0 Å². The van der Waals surface area contributed by atoms with E-state index in [0.29, 0.717) is 5.69 Å². The first-order chi connectivity index (χ1) is 8.79. The smallest absolute Gasteiger partial charge is 0.166 e. The first kappa shape index (κ1) is 11.1. The molecule has 0 atom stereocenters. The largest absolute Gasteiger partial charge is 0.369 e. The molecular formula is C13H15N5. The summed E-state index contributed by atoms with van der Waals surface area (Å²) in [5.41, 5.74) is 2.57. The van der Waals surface area contributed by atoms with Crippen LogP contribution in [0.25, 0.3) is 5.52 Å². The van der Waals surface area contributed by atoms with Crippen molar-refractivity contribution >= 4 is 11.2 Å². The van der Waals surface area contributed by atoms with E-state index < -0.39 is 0 Å². The first-order valence-electron chi connectivity index (χ1n) is 6.14. The lowest BCUT2D eigenvalue weighted by molar-refractivity contribution is 0.589. The van der Waals surface area contributed by atoms with Crippen LogP contribution in [0.3, 0.4) is 0 Å². The summed E-state index contributed by atoms with van der Waals surface area (Å²) < 4.78 is 1.96. The van der Waals surface area contributed by atoms with E-state index in [9.17, 15) is 0 Å². The average molecular weight is 241 g/mol. The average Bonchev–Trinajstić information content (AvgIpc) is 2.76. The summed E-state index contributed by atoms with van der Waals surface area (Å²) in [4.78, 5) is 6.60. The lowest BCUT2D eigenvalue weighted by atomic mass is 10.2. The van der Waals surface area contributed by atoms with Crippen molar-refractivity contribution in [3.05, 3.63) is 29.8 Å². The van der Waals surface area contributed by atoms with E-state index in [2.05, 4.69) is 33.4 Å². The standard InChI is InChI=1S/C13H15N5/c1-10-16-12(9-14)13-8-11(2-5-18(10)13)17-6-3-15-4-7-17/h2,5,8,15H,3-4,6-7H2,1H3. The van der Waals surface area contributed by atoms with Crippen LogP contribution >= 0.6 is 0 Å². The van der Waals surface area contributed by atoms with Crippen LogP contribution in [0.2, 0.25) is 0 Å². The summed E-state index contributed by atoms with van der Waals surface area (Å²) in [7, 11) is 0. The number of aryl methyl sites for hydroxylation is 1. The molecule has 0 amide bonds. The number of imidazole rings is 1. The number of nitrogens with one attached hydrogen (secondary N) is 1. The topological polar surface area (TPSA) is 56.4 Å². The van der Waals surface area contributed by atoms with Crippen molar-refractivity contribution in [3.63, 3.8) is 0 Å². The van der Waals surface area contributed by atoms with Crippen molar-refractivity contribution in [3.8, 4) is 6.07 Å². The van der Waals surface area contributed by atoms with Gasteiger partial charge in [-0.2, -0.15) is 5.26 Å². The number of aromatic nitrogens is 2. The Kier molecular flexibility index (Phi) is 2.65. The Morgan fingerprint density at radius 2 is 2.17 bits per heavy atom. The number of rotatable bonds is 1. The van der Waals surface area contributed by atoms with E-state index in [0.717, 1.165) is 37.5 Å². The Bertz CT molecular complexity index is 616. The molecule has 0 unspecified atom stereocenters. The SMILES string of the molecule is Cc1nc(C#N)c2cc(N3CCNCC3)ccn12. The molecule has 0 aliphatic carbocycles. The summed E-state index contributed by atoms with van der Waals surface area (Å²) in [5, 5.41) is 12.4. The summed E-state index contributed by atoms with van der Waals surface area (Å²) in [6.07, 6.45) is 2.00. The van der Waals surface area contributed by atoms with E-state index in [-0.39, 0.29) is 0 Å². The second-order valence-corrected chi connectivity index (χ2v) is 4.50. The highest BCUT2D eigenvalue weighted by atomic mass is 15.2. The number of piperazine rings is 1. The molecule has 5 nitrogen and oxygen atoms in total. The van der Waals surface area contributed by atoms with Crippen molar-refractivity contribution in [1.82, 2.24) is 14.7 Å². The molecule has 1 saturated heterocycles. The molecule has 1 aliphatic heterocycles. The van der Waals surface area contributed by atoms with Crippen LogP contribution in [0.4, 0.5) is 5.69 Å². The van der Waals surface area contributed by atoms with Crippen LogP contribution in [0, 0.1) is 18.3 Å². The molecule has 2 aromatic rings. The highest BCUT2D eigenvalue weighted by Gasteiger charge is 2.13. The highest BCUT2D eigenvalue weighted by molar-refractivity contribution is 5.66. The van der Waals surface area contributed by atoms with Gasteiger partial charge >= 0.3 is 0 Å². The van der Waals surface area contributed by atoms with Crippen molar-refractivity contribution in [2.24, 2.45) is 0 Å². The van der Waals surface area contributed by atoms with Crippen molar-refractivity contribution < 1.29 is 0 Å². The zero-order valence-corrected chi connectivity index (χ0v) is 10.3. The molecule has 0 radical (unpaired) electrons. The number of nitrogens with zero attached hydrogens (tertiary/aromatic N) is 4. The van der Waals surface area contributed by atoms with Gasteiger partial charge in [-0.25, -0.2) is 4.98 Å². The molecule has 3 rings (SSSR count). The molecule has 0 saturated carbocycles. The maximum Gasteiger partial charge on any atom is 0.166 e. The van der Waals surface area contributed by atoms with Gasteiger partial charge in [-0.3, -0.25) is 0 Å². The monoisotopic (exact) mass is 241 g/mol. The Labute approximate surface area is 106 Å². The Balaban J connectivity index is 2.07. The van der Waals surface area contributed by atoms with Gasteiger partial charge in [-0.15, -0.1) is 0 Å². The molecule has 1 N–H and O–H groups in total. The number of hydrogen-bond donors (Lipinski definition) is 1. The minimum Gasteiger partial charge on any atom is -0.369 e. The fourth-order valence-corrected chi connectivity index (χ4v) is 2.43. The van der Waals surface area contributed by atoms with Crippen LogP contribution < -0.4 is 10.2 Å². The van der Waals surface area contributed by atoms with Crippen molar-refractivity contribution in [2.45, 2.75) is 6.92 Å². The van der Waals surface area contributed by atoms with Crippen LogP contribution in [0.5, 0.6) is 0 Å². The van der Waals surface area contributed by atoms with E-state index in [1.165, 1.54) is 5.69 Å². The van der Waals surface area contributed by atoms with Crippen molar-refractivity contribution in [2.75, 3.05) is 31.1 Å². The molecule has 1 fully saturated rings. The second kappa shape index (κ2) is 4.31. The molecular weight excluding hydrogens is 226 g/mol. The fraction of sp³-hybridized carbons (Fsp3) is 0.385. The van der Waals surface area contributed by atoms with Gasteiger partial charge in [0.1, 0.15) is 11.9 Å². The van der Waals surface area contributed by atoms with Crippen LogP contribution in [0.15, 0.2) is 18.3 Å². The third-order valence-corrected chi connectivity index (χ3v) is 3.39. The number of fused-ring (bicyclic) bond motifs is 1. The number of hydrogen-bond acceptors (Lipinski definition) is 4. The predicted octanol–water partition coefficient (Wildman–Crippen LogP) is 0.924. The minimum atomic E-state index is 0.504. The summed E-state index contributed by atoms with van der Waals surface area (Å²) >= 11 is 0. The summed E-state index contributed by atoms with van der Waals surface area (Å²) in [6, 6.07) is 6.31. The predicted molar refractivity (Wildman–Crippen MR) is 69.7 cm³/mol. The van der Waals surface area contributed by atoms with Gasteiger partial charge in [0.25, 0.3) is 0 Å². The number of nitriles is 1. The molecule has 92 valence electrons. The lowest BCUT2D eigenvalue weighted by Crippen LogP contribution is -2.43. The van der Waals surface area contributed by atoms with E-state index >= 15 is 0 Å². The first-order valence-corrected chi connectivity index (χ1v) is 6.14. The van der Waals surface area contributed by atoms with Gasteiger partial charge in [0.05, 0.1) is 5.52 Å². The van der Waals surface area contributed by atoms with Gasteiger partial charge in [0, 0.05) is 38.1 Å². The molecule has 0 bridgehead atoms. The molecule has 3 heterocycles. The number of anilines is 1. The Morgan fingerprint density at radius 1 is 1.39 bits per heavy atom. The molecule has 5 heteroatoms. The molecule has 18 heavy (non-hydrogen) atoms. The molecule has 0 spiro atoms. The fourth-order valence-electron chi connectivity index (χ4n) is 2.43. The maximum atomic E-state index is 9.10. The summed E-state index contributed by atoms with van der Waals surface area (Å²) in [6.45, 7) is 5.94. The van der Waals surface area contributed by atoms with Gasteiger partial charge in [-0.05, 0) is 19.1 Å². The second-order valence-electron chi connectivity index (χ2n) is 4.50. The summed E-state index contributed by atoms with van der Waals surface area (Å²) in [5.74, 6) is 0.855. The minimum absolute atomic E-state index is 0.504. The van der Waals surface area contributed by atoms with Crippen LogP contribution in [-0.4, -0.2) is 35.6 Å². The lowest BCUT2D eigenvalue weighted by Gasteiger charge is -2.29. The van der Waals surface area contributed by atoms with E-state index in [1.807, 2.05) is 17.5 Å². The van der Waals surface area contributed by atoms with Crippen LogP contribution in [-0.2, 0) is 0 Å². The molecule has 1 aliphatic rings. The third kappa shape index (κ3) is 1.71. The van der Waals surface area contributed by atoms with Crippen LogP contribution in [0.1, 0.15) is 11.5 Å². The van der Waals surface area contributed by atoms with Gasteiger partial charge < -0.3 is 14.6 Å². The van der Waals surface area contributed by atoms with Gasteiger partial charge in [-0.1, -0.05) is 0 Å². The molecule has 0 aromatic carbocycles. The quantitative estimate of drug-likeness (QED) is 0.806. The Morgan fingerprint density at radius 3 is 2.89 bits per heavy atom. The normalized spacial score (nSPS) is 15.9. The number of pyridine rings is 1. The zero-order chi connectivity index (χ0) is 12.5. The van der Waals surface area contributed by atoms with E-state index in [4.69, 9.17) is 5.26 Å². The molecule has 2 aromatic heterocycles. The highest BCUT2D eigenvalue weighted by Crippen LogP contribution is 2.20.